The smallest absolute Gasteiger partial charge is 0.123 e. The number of aromatic amines is 2. The third kappa shape index (κ3) is 2.81. The molecule has 0 aliphatic rings. The monoisotopic (exact) mass is 354 g/mol. The summed E-state index contributed by atoms with van der Waals surface area (Å²) in [6, 6.07) is 23.6. The van der Waals surface area contributed by atoms with Crippen molar-refractivity contribution in [3.05, 3.63) is 108 Å². The standard InChI is InChI=1S/C24H19FN2/c25-17-11-9-16(10-12-17)13-20(21-14-26-23-7-3-1-5-18(21)23)22-15-27-24-8-4-2-6-19(22)24/h1-12,14-15,20,26-27H,13H2. The van der Waals surface area contributed by atoms with Gasteiger partial charge in [-0.1, -0.05) is 48.5 Å². The average Bonchev–Trinajstić information content (AvgIpc) is 3.32. The van der Waals surface area contributed by atoms with Gasteiger partial charge >= 0.3 is 0 Å². The number of H-pyrrole nitrogens is 2. The zero-order valence-corrected chi connectivity index (χ0v) is 14.7. The second-order valence-corrected chi connectivity index (χ2v) is 6.96. The van der Waals surface area contributed by atoms with Crippen molar-refractivity contribution < 1.29 is 4.39 Å². The zero-order chi connectivity index (χ0) is 18.2. The second-order valence-electron chi connectivity index (χ2n) is 6.96. The number of para-hydroxylation sites is 2. The van der Waals surface area contributed by atoms with Gasteiger partial charge in [-0.3, -0.25) is 0 Å². The van der Waals surface area contributed by atoms with Crippen molar-refractivity contribution in [1.82, 2.24) is 9.97 Å². The molecule has 0 radical (unpaired) electrons. The number of hydrogen-bond acceptors (Lipinski definition) is 0. The highest BCUT2D eigenvalue weighted by atomic mass is 19.1. The van der Waals surface area contributed by atoms with Crippen molar-refractivity contribution in [1.29, 1.82) is 0 Å². The van der Waals surface area contributed by atoms with Gasteiger partial charge in [-0.15, -0.1) is 0 Å². The third-order valence-corrected chi connectivity index (χ3v) is 5.35. The normalized spacial score (nSPS) is 11.6. The minimum Gasteiger partial charge on any atom is -0.361 e. The molecule has 5 rings (SSSR count). The first kappa shape index (κ1) is 15.9. The van der Waals surface area contributed by atoms with Crippen LogP contribution in [0.4, 0.5) is 4.39 Å². The molecule has 0 amide bonds. The van der Waals surface area contributed by atoms with Gasteiger partial charge in [-0.2, -0.15) is 0 Å². The Hall–Kier alpha value is -3.33. The van der Waals surface area contributed by atoms with Gasteiger partial charge < -0.3 is 9.97 Å². The van der Waals surface area contributed by atoms with E-state index in [1.165, 1.54) is 34.0 Å². The highest BCUT2D eigenvalue weighted by Gasteiger charge is 2.21. The summed E-state index contributed by atoms with van der Waals surface area (Å²) in [5, 5.41) is 2.46. The molecular weight excluding hydrogens is 335 g/mol. The quantitative estimate of drug-likeness (QED) is 0.387. The van der Waals surface area contributed by atoms with Crippen molar-refractivity contribution >= 4 is 21.8 Å². The molecule has 0 aliphatic carbocycles. The number of fused-ring (bicyclic) bond motifs is 2. The molecule has 0 bridgehead atoms. The zero-order valence-electron chi connectivity index (χ0n) is 14.7. The molecule has 0 aliphatic heterocycles. The molecule has 2 nitrogen and oxygen atoms in total. The van der Waals surface area contributed by atoms with Crippen LogP contribution < -0.4 is 0 Å². The largest absolute Gasteiger partial charge is 0.361 e. The molecule has 132 valence electrons. The van der Waals surface area contributed by atoms with Crippen molar-refractivity contribution in [3.63, 3.8) is 0 Å². The van der Waals surface area contributed by atoms with E-state index < -0.39 is 0 Å². The first-order valence-corrected chi connectivity index (χ1v) is 9.16. The Bertz CT molecular complexity index is 1140. The molecule has 2 N–H and O–H groups in total. The van der Waals surface area contributed by atoms with E-state index in [1.54, 1.807) is 0 Å². The van der Waals surface area contributed by atoms with Crippen LogP contribution in [-0.2, 0) is 6.42 Å². The van der Waals surface area contributed by atoms with Crippen LogP contribution in [0.25, 0.3) is 21.8 Å². The molecule has 5 aromatic rings. The van der Waals surface area contributed by atoms with Gasteiger partial charge in [0.2, 0.25) is 0 Å². The molecule has 2 heterocycles. The van der Waals surface area contributed by atoms with Gasteiger partial charge in [-0.05, 0) is 47.4 Å². The fraction of sp³-hybridized carbons (Fsp3) is 0.0833. The molecule has 3 aromatic carbocycles. The van der Waals surface area contributed by atoms with Crippen LogP contribution in [0.15, 0.2) is 85.2 Å². The fourth-order valence-electron chi connectivity index (χ4n) is 4.01. The van der Waals surface area contributed by atoms with Crippen LogP contribution >= 0.6 is 0 Å². The number of rotatable bonds is 4. The van der Waals surface area contributed by atoms with Crippen LogP contribution in [0, 0.1) is 5.82 Å². The summed E-state index contributed by atoms with van der Waals surface area (Å²) in [5.74, 6) is -0.0303. The molecule has 0 unspecified atom stereocenters. The van der Waals surface area contributed by atoms with Gasteiger partial charge in [0.1, 0.15) is 5.82 Å². The molecule has 2 aromatic heterocycles. The summed E-state index contributed by atoms with van der Waals surface area (Å²) in [5.41, 5.74) is 5.92. The van der Waals surface area contributed by atoms with Crippen LogP contribution in [0.1, 0.15) is 22.6 Å². The van der Waals surface area contributed by atoms with Crippen molar-refractivity contribution in [2.75, 3.05) is 0 Å². The second kappa shape index (κ2) is 6.44. The van der Waals surface area contributed by atoms with Crippen molar-refractivity contribution in [3.8, 4) is 0 Å². The van der Waals surface area contributed by atoms with E-state index in [0.717, 1.165) is 23.0 Å². The lowest BCUT2D eigenvalue weighted by molar-refractivity contribution is 0.626. The van der Waals surface area contributed by atoms with Crippen molar-refractivity contribution in [2.45, 2.75) is 12.3 Å². The molecule has 27 heavy (non-hydrogen) atoms. The molecule has 0 saturated carbocycles. The average molecular weight is 354 g/mol. The maximum atomic E-state index is 13.4. The Balaban J connectivity index is 1.68. The summed E-state index contributed by atoms with van der Waals surface area (Å²) >= 11 is 0. The maximum absolute atomic E-state index is 13.4. The van der Waals surface area contributed by atoms with Crippen LogP contribution in [0.3, 0.4) is 0 Å². The molecule has 0 saturated heterocycles. The molecule has 0 spiro atoms. The predicted molar refractivity (Wildman–Crippen MR) is 109 cm³/mol. The van der Waals surface area contributed by atoms with Gasteiger partial charge in [0.15, 0.2) is 0 Å². The first-order valence-electron chi connectivity index (χ1n) is 9.16. The summed E-state index contributed by atoms with van der Waals surface area (Å²) < 4.78 is 13.4. The van der Waals surface area contributed by atoms with Gasteiger partial charge in [0.05, 0.1) is 0 Å². The van der Waals surface area contributed by atoms with Crippen LogP contribution in [0.5, 0.6) is 0 Å². The summed E-state index contributed by atoms with van der Waals surface area (Å²) in [7, 11) is 0. The number of halogens is 1. The summed E-state index contributed by atoms with van der Waals surface area (Å²) in [4.78, 5) is 6.81. The van der Waals surface area contributed by atoms with Gasteiger partial charge in [0.25, 0.3) is 0 Å². The molecule has 0 fully saturated rings. The highest BCUT2D eigenvalue weighted by molar-refractivity contribution is 5.88. The Morgan fingerprint density at radius 3 is 1.74 bits per heavy atom. The lowest BCUT2D eigenvalue weighted by atomic mass is 9.85. The number of nitrogens with one attached hydrogen (secondary N) is 2. The number of aromatic nitrogens is 2. The molecule has 3 heteroatoms. The maximum Gasteiger partial charge on any atom is 0.123 e. The van der Waals surface area contributed by atoms with Crippen LogP contribution in [-0.4, -0.2) is 9.97 Å². The first-order chi connectivity index (χ1) is 13.3. The van der Waals surface area contributed by atoms with E-state index in [2.05, 4.69) is 58.8 Å². The highest BCUT2D eigenvalue weighted by Crippen LogP contribution is 2.37. The number of benzene rings is 3. The van der Waals surface area contributed by atoms with E-state index in [1.807, 2.05) is 24.3 Å². The van der Waals surface area contributed by atoms with E-state index in [4.69, 9.17) is 0 Å². The topological polar surface area (TPSA) is 31.6 Å². The molecule has 0 atom stereocenters. The van der Waals surface area contributed by atoms with E-state index >= 15 is 0 Å². The van der Waals surface area contributed by atoms with Gasteiger partial charge in [-0.25, -0.2) is 4.39 Å². The summed E-state index contributed by atoms with van der Waals surface area (Å²) in [6.07, 6.45) is 5.03. The number of hydrogen-bond donors (Lipinski definition) is 2. The van der Waals surface area contributed by atoms with E-state index in [9.17, 15) is 4.39 Å². The van der Waals surface area contributed by atoms with Gasteiger partial charge in [0, 0.05) is 40.1 Å². The lowest BCUT2D eigenvalue weighted by Crippen LogP contribution is -2.04. The Morgan fingerprint density at radius 2 is 1.19 bits per heavy atom. The predicted octanol–water partition coefficient (Wildman–Crippen LogP) is 6.16. The molecular formula is C24H19FN2. The van der Waals surface area contributed by atoms with E-state index in [-0.39, 0.29) is 11.7 Å². The minimum absolute atomic E-state index is 0.169. The Labute approximate surface area is 156 Å². The SMILES string of the molecule is Fc1ccc(CC(c2c[nH]c3ccccc23)c2c[nH]c3ccccc23)cc1. The van der Waals surface area contributed by atoms with E-state index in [0.29, 0.717) is 0 Å². The summed E-state index contributed by atoms with van der Waals surface area (Å²) in [6.45, 7) is 0. The Morgan fingerprint density at radius 1 is 0.667 bits per heavy atom. The Kier molecular flexibility index (Phi) is 3.79. The van der Waals surface area contributed by atoms with Crippen LogP contribution in [0.2, 0.25) is 0 Å². The minimum atomic E-state index is -0.200. The fourth-order valence-corrected chi connectivity index (χ4v) is 4.01. The third-order valence-electron chi connectivity index (χ3n) is 5.35. The lowest BCUT2D eigenvalue weighted by Gasteiger charge is -2.17. The van der Waals surface area contributed by atoms with Crippen molar-refractivity contribution in [2.24, 2.45) is 0 Å².